The van der Waals surface area contributed by atoms with Gasteiger partial charge < -0.3 is 15.7 Å². The Hall–Kier alpha value is -2.57. The molecule has 0 bridgehead atoms. The van der Waals surface area contributed by atoms with E-state index in [1.54, 1.807) is 12.1 Å². The molecular formula is C18H22N4O2. The van der Waals surface area contributed by atoms with Crippen LogP contribution in [0, 0.1) is 6.92 Å². The molecule has 2 atom stereocenters. The van der Waals surface area contributed by atoms with Crippen molar-refractivity contribution >= 4 is 17.3 Å². The maximum Gasteiger partial charge on any atom is 0.221 e. The largest absolute Gasteiger partial charge is 0.508 e. The fraction of sp³-hybridized carbons (Fsp3) is 0.278. The van der Waals surface area contributed by atoms with Crippen molar-refractivity contribution in [3.05, 3.63) is 53.6 Å². The Labute approximate surface area is 141 Å². The SMILES string of the molecule is CC(=O)Nc1ccc(NC2CC(c3ccc(O)cc3)NN2)c(C)c1. The van der Waals surface area contributed by atoms with Crippen molar-refractivity contribution in [2.24, 2.45) is 0 Å². The molecule has 1 heterocycles. The highest BCUT2D eigenvalue weighted by atomic mass is 16.3. The first-order chi connectivity index (χ1) is 11.5. The summed E-state index contributed by atoms with van der Waals surface area (Å²) in [5, 5.41) is 15.6. The van der Waals surface area contributed by atoms with Crippen molar-refractivity contribution < 1.29 is 9.90 Å². The number of phenolic OH excluding ortho intramolecular Hbond substituents is 1. The first kappa shape index (κ1) is 16.3. The van der Waals surface area contributed by atoms with Crippen molar-refractivity contribution in [3.63, 3.8) is 0 Å². The van der Waals surface area contributed by atoms with Crippen molar-refractivity contribution in [1.82, 2.24) is 10.9 Å². The van der Waals surface area contributed by atoms with Crippen LogP contribution in [0.15, 0.2) is 42.5 Å². The highest BCUT2D eigenvalue weighted by Crippen LogP contribution is 2.26. The smallest absolute Gasteiger partial charge is 0.221 e. The van der Waals surface area contributed by atoms with Crippen LogP contribution in [0.5, 0.6) is 5.75 Å². The van der Waals surface area contributed by atoms with E-state index in [1.807, 2.05) is 37.3 Å². The summed E-state index contributed by atoms with van der Waals surface area (Å²) in [5.41, 5.74) is 10.5. The predicted molar refractivity (Wildman–Crippen MR) is 94.6 cm³/mol. The normalized spacial score (nSPS) is 19.9. The zero-order valence-corrected chi connectivity index (χ0v) is 13.8. The Morgan fingerprint density at radius 1 is 1.17 bits per heavy atom. The van der Waals surface area contributed by atoms with Gasteiger partial charge in [-0.1, -0.05) is 12.1 Å². The molecule has 3 rings (SSSR count). The summed E-state index contributed by atoms with van der Waals surface area (Å²) in [7, 11) is 0. The van der Waals surface area contributed by atoms with Crippen molar-refractivity contribution in [3.8, 4) is 5.75 Å². The number of anilines is 2. The van der Waals surface area contributed by atoms with E-state index in [0.717, 1.165) is 28.9 Å². The molecule has 2 aromatic rings. The molecule has 6 heteroatoms. The number of hydrogen-bond acceptors (Lipinski definition) is 5. The number of carbonyl (C=O) groups excluding carboxylic acids is 1. The van der Waals surface area contributed by atoms with Gasteiger partial charge in [0.15, 0.2) is 0 Å². The Bertz CT molecular complexity index is 730. The lowest BCUT2D eigenvalue weighted by atomic mass is 10.0. The van der Waals surface area contributed by atoms with Gasteiger partial charge in [-0.3, -0.25) is 4.79 Å². The van der Waals surface area contributed by atoms with Crippen LogP contribution in [0.2, 0.25) is 0 Å². The molecule has 1 aliphatic rings. The number of nitrogens with one attached hydrogen (secondary N) is 4. The molecule has 1 fully saturated rings. The van der Waals surface area contributed by atoms with Crippen LogP contribution in [-0.2, 0) is 4.79 Å². The lowest BCUT2D eigenvalue weighted by Crippen LogP contribution is -2.36. The third kappa shape index (κ3) is 3.84. The van der Waals surface area contributed by atoms with Crippen LogP contribution in [0.3, 0.4) is 0 Å². The second-order valence-electron chi connectivity index (χ2n) is 6.08. The molecule has 0 saturated carbocycles. The molecule has 0 aromatic heterocycles. The number of amides is 1. The number of rotatable bonds is 4. The van der Waals surface area contributed by atoms with Gasteiger partial charge in [0.05, 0.1) is 6.17 Å². The summed E-state index contributed by atoms with van der Waals surface area (Å²) in [5.74, 6) is 0.197. The van der Waals surface area contributed by atoms with E-state index in [-0.39, 0.29) is 23.9 Å². The molecular weight excluding hydrogens is 304 g/mol. The fourth-order valence-corrected chi connectivity index (χ4v) is 2.87. The molecule has 2 unspecified atom stereocenters. The van der Waals surface area contributed by atoms with E-state index in [2.05, 4.69) is 21.5 Å². The van der Waals surface area contributed by atoms with E-state index >= 15 is 0 Å². The topological polar surface area (TPSA) is 85.4 Å². The third-order valence-corrected chi connectivity index (χ3v) is 4.08. The zero-order chi connectivity index (χ0) is 17.1. The number of carbonyl (C=O) groups is 1. The fourth-order valence-electron chi connectivity index (χ4n) is 2.87. The third-order valence-electron chi connectivity index (χ3n) is 4.08. The molecule has 1 aliphatic heterocycles. The lowest BCUT2D eigenvalue weighted by Gasteiger charge is -2.16. The molecule has 0 radical (unpaired) electrons. The first-order valence-electron chi connectivity index (χ1n) is 7.96. The van der Waals surface area contributed by atoms with Crippen LogP contribution < -0.4 is 21.5 Å². The standard InChI is InChI=1S/C18H22N4O2/c1-11-9-14(19-12(2)23)5-8-16(11)20-18-10-17(21-22-18)13-3-6-15(24)7-4-13/h3-9,17-18,20-22,24H,10H2,1-2H3,(H,19,23). The van der Waals surface area contributed by atoms with Gasteiger partial charge in [0.25, 0.3) is 0 Å². The van der Waals surface area contributed by atoms with Crippen LogP contribution in [-0.4, -0.2) is 17.2 Å². The molecule has 6 nitrogen and oxygen atoms in total. The molecule has 2 aromatic carbocycles. The van der Waals surface area contributed by atoms with Gasteiger partial charge in [0.2, 0.25) is 5.91 Å². The van der Waals surface area contributed by atoms with E-state index < -0.39 is 0 Å². The summed E-state index contributed by atoms with van der Waals surface area (Å²) in [6.45, 7) is 3.51. The number of hydrazine groups is 1. The van der Waals surface area contributed by atoms with Crippen molar-refractivity contribution in [2.45, 2.75) is 32.5 Å². The van der Waals surface area contributed by atoms with Gasteiger partial charge in [-0.2, -0.15) is 0 Å². The number of aryl methyl sites for hydroxylation is 1. The highest BCUT2D eigenvalue weighted by Gasteiger charge is 2.25. The monoisotopic (exact) mass is 326 g/mol. The Kier molecular flexibility index (Phi) is 4.69. The number of hydrogen-bond donors (Lipinski definition) is 5. The van der Waals surface area contributed by atoms with Crippen LogP contribution in [0.4, 0.5) is 11.4 Å². The van der Waals surface area contributed by atoms with E-state index in [1.165, 1.54) is 6.92 Å². The first-order valence-corrected chi connectivity index (χ1v) is 7.96. The minimum absolute atomic E-state index is 0.0755. The molecule has 0 aliphatic carbocycles. The van der Waals surface area contributed by atoms with Gasteiger partial charge in [0.1, 0.15) is 5.75 Å². The molecule has 1 saturated heterocycles. The van der Waals surface area contributed by atoms with E-state index in [4.69, 9.17) is 0 Å². The van der Waals surface area contributed by atoms with Crippen molar-refractivity contribution in [1.29, 1.82) is 0 Å². The summed E-state index contributed by atoms with van der Waals surface area (Å²) in [4.78, 5) is 11.1. The molecule has 5 N–H and O–H groups in total. The molecule has 24 heavy (non-hydrogen) atoms. The molecule has 126 valence electrons. The van der Waals surface area contributed by atoms with Crippen LogP contribution in [0.25, 0.3) is 0 Å². The van der Waals surface area contributed by atoms with Gasteiger partial charge in [-0.05, 0) is 48.4 Å². The summed E-state index contributed by atoms with van der Waals surface area (Å²) >= 11 is 0. The Balaban J connectivity index is 1.63. The predicted octanol–water partition coefficient (Wildman–Crippen LogP) is 2.64. The number of benzene rings is 2. The maximum atomic E-state index is 11.1. The van der Waals surface area contributed by atoms with Crippen LogP contribution >= 0.6 is 0 Å². The summed E-state index contributed by atoms with van der Waals surface area (Å²) < 4.78 is 0. The second-order valence-corrected chi connectivity index (χ2v) is 6.08. The average Bonchev–Trinajstić information content (AvgIpc) is 2.99. The van der Waals surface area contributed by atoms with Crippen LogP contribution in [0.1, 0.15) is 30.5 Å². The highest BCUT2D eigenvalue weighted by molar-refractivity contribution is 5.89. The lowest BCUT2D eigenvalue weighted by molar-refractivity contribution is -0.114. The number of aromatic hydroxyl groups is 1. The average molecular weight is 326 g/mol. The summed E-state index contributed by atoms with van der Waals surface area (Å²) in [6, 6.07) is 13.2. The minimum Gasteiger partial charge on any atom is -0.508 e. The second kappa shape index (κ2) is 6.90. The Morgan fingerprint density at radius 3 is 2.58 bits per heavy atom. The van der Waals surface area contributed by atoms with Gasteiger partial charge in [-0.25, -0.2) is 10.9 Å². The van der Waals surface area contributed by atoms with E-state index in [0.29, 0.717) is 0 Å². The maximum absolute atomic E-state index is 11.1. The zero-order valence-electron chi connectivity index (χ0n) is 13.8. The summed E-state index contributed by atoms with van der Waals surface area (Å²) in [6.07, 6.45) is 0.964. The van der Waals surface area contributed by atoms with Crippen molar-refractivity contribution in [2.75, 3.05) is 10.6 Å². The number of phenols is 1. The van der Waals surface area contributed by atoms with Gasteiger partial charge in [0, 0.05) is 30.8 Å². The van der Waals surface area contributed by atoms with Gasteiger partial charge in [-0.15, -0.1) is 0 Å². The molecule has 0 spiro atoms. The minimum atomic E-state index is -0.0755. The van der Waals surface area contributed by atoms with Gasteiger partial charge >= 0.3 is 0 Å². The Morgan fingerprint density at radius 2 is 1.92 bits per heavy atom. The quantitative estimate of drug-likeness (QED) is 0.596. The molecule has 1 amide bonds. The van der Waals surface area contributed by atoms with E-state index in [9.17, 15) is 9.90 Å².